The van der Waals surface area contributed by atoms with E-state index in [-0.39, 0.29) is 30.4 Å². The van der Waals surface area contributed by atoms with Gasteiger partial charge >= 0.3 is 0 Å². The summed E-state index contributed by atoms with van der Waals surface area (Å²) in [6, 6.07) is 10.4. The third kappa shape index (κ3) is 5.79. The molecule has 2 amide bonds. The largest absolute Gasteiger partial charge is 0.497 e. The Bertz CT molecular complexity index is 1190. The summed E-state index contributed by atoms with van der Waals surface area (Å²) in [5.41, 5.74) is 1.54. The molecule has 5 rings (SSSR count). The van der Waals surface area contributed by atoms with Crippen molar-refractivity contribution in [1.82, 2.24) is 35.4 Å². The minimum Gasteiger partial charge on any atom is -0.497 e. The SMILES string of the molecule is COc1ccc(-c2nnn(CC(=O)N(C3CCCC3)C(C(=O)NC3CCCC3)c3ccncc3)n2)cc1. The van der Waals surface area contributed by atoms with Gasteiger partial charge in [0, 0.05) is 30.0 Å². The maximum atomic E-state index is 13.9. The lowest BCUT2D eigenvalue weighted by Gasteiger charge is -2.36. The van der Waals surface area contributed by atoms with Gasteiger partial charge in [-0.25, -0.2) is 0 Å². The number of ether oxygens (including phenoxy) is 1. The number of carbonyl (C=O) groups is 2. The molecule has 37 heavy (non-hydrogen) atoms. The van der Waals surface area contributed by atoms with E-state index in [1.807, 2.05) is 36.4 Å². The molecule has 1 aromatic carbocycles. The van der Waals surface area contributed by atoms with Gasteiger partial charge in [0.15, 0.2) is 0 Å². The number of carbonyl (C=O) groups excluding carboxylic acids is 2. The van der Waals surface area contributed by atoms with Crippen molar-refractivity contribution in [2.75, 3.05) is 7.11 Å². The number of nitrogens with one attached hydrogen (secondary N) is 1. The highest BCUT2D eigenvalue weighted by atomic mass is 16.5. The van der Waals surface area contributed by atoms with Gasteiger partial charge in [-0.3, -0.25) is 14.6 Å². The van der Waals surface area contributed by atoms with E-state index in [4.69, 9.17) is 4.74 Å². The molecule has 1 N–H and O–H groups in total. The van der Waals surface area contributed by atoms with Gasteiger partial charge in [0.25, 0.3) is 0 Å². The Balaban J connectivity index is 1.40. The molecule has 0 radical (unpaired) electrons. The Morgan fingerprint density at radius 1 is 1.03 bits per heavy atom. The van der Waals surface area contributed by atoms with E-state index < -0.39 is 6.04 Å². The number of aromatic nitrogens is 5. The van der Waals surface area contributed by atoms with E-state index >= 15 is 0 Å². The molecule has 10 heteroatoms. The van der Waals surface area contributed by atoms with Crippen molar-refractivity contribution < 1.29 is 14.3 Å². The van der Waals surface area contributed by atoms with Crippen LogP contribution >= 0.6 is 0 Å². The van der Waals surface area contributed by atoms with Crippen LogP contribution in [0, 0.1) is 0 Å². The standard InChI is InChI=1S/C27H33N7O3/c1-37-23-12-10-20(11-13-23)26-30-32-33(31-26)18-24(35)34(22-8-4-5-9-22)25(19-14-16-28-17-15-19)27(36)29-21-6-2-3-7-21/h10-17,21-22,25H,2-9,18H2,1H3,(H,29,36). The number of hydrogen-bond acceptors (Lipinski definition) is 7. The van der Waals surface area contributed by atoms with E-state index in [1.165, 1.54) is 4.80 Å². The lowest BCUT2D eigenvalue weighted by molar-refractivity contribution is -0.144. The average molecular weight is 504 g/mol. The molecule has 10 nitrogen and oxygen atoms in total. The number of amides is 2. The molecular weight excluding hydrogens is 470 g/mol. The first-order valence-electron chi connectivity index (χ1n) is 13.1. The van der Waals surface area contributed by atoms with Crippen LogP contribution in [0.1, 0.15) is 63.0 Å². The second-order valence-electron chi connectivity index (χ2n) is 9.78. The van der Waals surface area contributed by atoms with Gasteiger partial charge in [-0.2, -0.15) is 4.80 Å². The highest BCUT2D eigenvalue weighted by Gasteiger charge is 2.38. The molecule has 2 saturated carbocycles. The molecule has 2 aliphatic rings. The topological polar surface area (TPSA) is 115 Å². The lowest BCUT2D eigenvalue weighted by atomic mass is 10.0. The molecule has 3 aromatic rings. The van der Waals surface area contributed by atoms with Gasteiger partial charge in [-0.1, -0.05) is 25.7 Å². The summed E-state index contributed by atoms with van der Waals surface area (Å²) in [4.78, 5) is 34.8. The van der Waals surface area contributed by atoms with Crippen LogP contribution in [-0.4, -0.2) is 61.1 Å². The molecule has 1 atom stereocenters. The maximum Gasteiger partial charge on any atom is 0.247 e. The van der Waals surface area contributed by atoms with Crippen LogP contribution in [0.3, 0.4) is 0 Å². The fourth-order valence-corrected chi connectivity index (χ4v) is 5.44. The second kappa shape index (κ2) is 11.5. The van der Waals surface area contributed by atoms with Crippen molar-refractivity contribution in [2.24, 2.45) is 0 Å². The Morgan fingerprint density at radius 3 is 2.38 bits per heavy atom. The first-order chi connectivity index (χ1) is 18.1. The van der Waals surface area contributed by atoms with Crippen LogP contribution in [-0.2, 0) is 16.1 Å². The Kier molecular flexibility index (Phi) is 7.72. The van der Waals surface area contributed by atoms with Gasteiger partial charge in [0.05, 0.1) is 7.11 Å². The molecule has 0 spiro atoms. The van der Waals surface area contributed by atoms with E-state index in [1.54, 1.807) is 24.4 Å². The van der Waals surface area contributed by atoms with E-state index in [0.717, 1.165) is 68.2 Å². The number of tetrazole rings is 1. The Labute approximate surface area is 216 Å². The monoisotopic (exact) mass is 503 g/mol. The zero-order chi connectivity index (χ0) is 25.6. The summed E-state index contributed by atoms with van der Waals surface area (Å²) in [6.45, 7) is -0.0993. The molecular formula is C27H33N7O3. The number of benzene rings is 1. The number of rotatable bonds is 9. The normalized spacial score (nSPS) is 17.0. The Morgan fingerprint density at radius 2 is 1.70 bits per heavy atom. The number of nitrogens with zero attached hydrogens (tertiary/aromatic N) is 6. The van der Waals surface area contributed by atoms with Gasteiger partial charge in [0.2, 0.25) is 17.6 Å². The average Bonchev–Trinajstić information content (AvgIpc) is 3.71. The zero-order valence-electron chi connectivity index (χ0n) is 21.1. The van der Waals surface area contributed by atoms with Crippen molar-refractivity contribution in [3.63, 3.8) is 0 Å². The van der Waals surface area contributed by atoms with Crippen LogP contribution in [0.15, 0.2) is 48.8 Å². The highest BCUT2D eigenvalue weighted by molar-refractivity contribution is 5.89. The minimum atomic E-state index is -0.733. The second-order valence-corrected chi connectivity index (χ2v) is 9.78. The summed E-state index contributed by atoms with van der Waals surface area (Å²) in [5.74, 6) is 0.821. The smallest absolute Gasteiger partial charge is 0.247 e. The molecule has 194 valence electrons. The van der Waals surface area contributed by atoms with Crippen LogP contribution in [0.2, 0.25) is 0 Å². The van der Waals surface area contributed by atoms with E-state index in [2.05, 4.69) is 25.7 Å². The molecule has 0 saturated heterocycles. The fraction of sp³-hybridized carbons (Fsp3) is 0.481. The van der Waals surface area contributed by atoms with E-state index in [0.29, 0.717) is 5.82 Å². The molecule has 0 aliphatic heterocycles. The van der Waals surface area contributed by atoms with Crippen molar-refractivity contribution in [3.05, 3.63) is 54.4 Å². The molecule has 0 bridgehead atoms. The first kappa shape index (κ1) is 24.9. The molecule has 1 unspecified atom stereocenters. The summed E-state index contributed by atoms with van der Waals surface area (Å²) in [7, 11) is 1.61. The van der Waals surface area contributed by atoms with Crippen LogP contribution in [0.5, 0.6) is 5.75 Å². The Hall–Kier alpha value is -3.82. The van der Waals surface area contributed by atoms with Crippen molar-refractivity contribution >= 4 is 11.8 Å². The van der Waals surface area contributed by atoms with Gasteiger partial charge < -0.3 is 15.0 Å². The number of methoxy groups -OCH3 is 1. The predicted molar refractivity (Wildman–Crippen MR) is 136 cm³/mol. The summed E-state index contributed by atoms with van der Waals surface area (Å²) in [5, 5.41) is 15.9. The zero-order valence-corrected chi connectivity index (χ0v) is 21.1. The highest BCUT2D eigenvalue weighted by Crippen LogP contribution is 2.32. The molecule has 2 fully saturated rings. The number of pyridine rings is 1. The fourth-order valence-electron chi connectivity index (χ4n) is 5.44. The van der Waals surface area contributed by atoms with Gasteiger partial charge in [-0.05, 0) is 72.9 Å². The third-order valence-corrected chi connectivity index (χ3v) is 7.33. The quantitative estimate of drug-likeness (QED) is 0.476. The maximum absolute atomic E-state index is 13.9. The number of hydrogen-bond donors (Lipinski definition) is 1. The summed E-state index contributed by atoms with van der Waals surface area (Å²) in [6.07, 6.45) is 11.3. The summed E-state index contributed by atoms with van der Waals surface area (Å²) < 4.78 is 5.21. The van der Waals surface area contributed by atoms with Crippen molar-refractivity contribution in [1.29, 1.82) is 0 Å². The molecule has 2 heterocycles. The lowest BCUT2D eigenvalue weighted by Crippen LogP contribution is -2.50. The minimum absolute atomic E-state index is 0.0235. The molecule has 2 aromatic heterocycles. The predicted octanol–water partition coefficient (Wildman–Crippen LogP) is 3.32. The first-order valence-corrected chi connectivity index (χ1v) is 13.1. The van der Waals surface area contributed by atoms with Crippen LogP contribution < -0.4 is 10.1 Å². The van der Waals surface area contributed by atoms with Gasteiger partial charge in [-0.15, -0.1) is 10.2 Å². The van der Waals surface area contributed by atoms with Crippen molar-refractivity contribution in [2.45, 2.75) is 76.0 Å². The summed E-state index contributed by atoms with van der Waals surface area (Å²) >= 11 is 0. The van der Waals surface area contributed by atoms with Crippen LogP contribution in [0.25, 0.3) is 11.4 Å². The third-order valence-electron chi connectivity index (χ3n) is 7.33. The van der Waals surface area contributed by atoms with Gasteiger partial charge in [0.1, 0.15) is 18.3 Å². The van der Waals surface area contributed by atoms with E-state index in [9.17, 15) is 9.59 Å². The molecule has 2 aliphatic carbocycles. The van der Waals surface area contributed by atoms with Crippen LogP contribution in [0.4, 0.5) is 0 Å². The van der Waals surface area contributed by atoms with Crippen molar-refractivity contribution in [3.8, 4) is 17.1 Å².